The number of likely N-dealkylation sites (tertiary alicyclic amines) is 1. The van der Waals surface area contributed by atoms with E-state index in [9.17, 15) is 49.9 Å². The fourth-order valence-corrected chi connectivity index (χ4v) is 7.79. The van der Waals surface area contributed by atoms with Crippen LogP contribution in [-0.4, -0.2) is 67.1 Å². The van der Waals surface area contributed by atoms with Crippen molar-refractivity contribution in [2.45, 2.75) is 78.3 Å². The molecule has 312 valence electrons. The second-order valence-electron chi connectivity index (χ2n) is 16.0. The Morgan fingerprint density at radius 1 is 0.862 bits per heavy atom. The highest BCUT2D eigenvalue weighted by molar-refractivity contribution is 6.13. The number of carbonyl (C=O) groups is 4. The van der Waals surface area contributed by atoms with E-state index in [4.69, 9.17) is 14.2 Å². The molecule has 2 aromatic rings. The van der Waals surface area contributed by atoms with Crippen LogP contribution >= 0.6 is 0 Å². The average Bonchev–Trinajstić information content (AvgIpc) is 3.43. The maximum absolute atomic E-state index is 14.6. The summed E-state index contributed by atoms with van der Waals surface area (Å²) in [6.07, 6.45) is -8.25. The highest BCUT2D eigenvalue weighted by Crippen LogP contribution is 2.56. The number of rotatable bonds is 6. The quantitative estimate of drug-likeness (QED) is 0.163. The Hall–Kier alpha value is -5.41. The molecular formula is C42H43F7N2O7. The summed E-state index contributed by atoms with van der Waals surface area (Å²) >= 11 is 0. The molecule has 0 radical (unpaired) electrons. The van der Waals surface area contributed by atoms with E-state index in [0.717, 1.165) is 23.0 Å². The van der Waals surface area contributed by atoms with Crippen molar-refractivity contribution in [3.8, 4) is 0 Å². The van der Waals surface area contributed by atoms with Crippen molar-refractivity contribution in [2.24, 2.45) is 11.3 Å². The summed E-state index contributed by atoms with van der Waals surface area (Å²) in [5.41, 5.74) is -6.99. The first-order valence-electron chi connectivity index (χ1n) is 18.0. The minimum absolute atomic E-state index is 0.0231. The Kier molecular flexibility index (Phi) is 11.1. The molecule has 16 heteroatoms. The lowest BCUT2D eigenvalue weighted by Gasteiger charge is -2.40. The van der Waals surface area contributed by atoms with E-state index in [1.807, 2.05) is 0 Å². The molecule has 1 heterocycles. The smallest absolute Gasteiger partial charge is 0.417 e. The minimum atomic E-state index is -5.17. The molecule has 1 aliphatic heterocycles. The molecule has 2 atom stereocenters. The van der Waals surface area contributed by atoms with Crippen LogP contribution in [-0.2, 0) is 46.4 Å². The Balaban J connectivity index is 1.82. The minimum Gasteiger partial charge on any atom is -0.499 e. The van der Waals surface area contributed by atoms with Crippen molar-refractivity contribution < 1.29 is 64.1 Å². The van der Waals surface area contributed by atoms with Crippen molar-refractivity contribution in [2.75, 3.05) is 27.8 Å². The van der Waals surface area contributed by atoms with E-state index in [-0.39, 0.29) is 36.1 Å². The summed E-state index contributed by atoms with van der Waals surface area (Å²) < 4.78 is 115. The molecule has 1 fully saturated rings. The fraction of sp³-hybridized carbons (Fsp3) is 0.429. The van der Waals surface area contributed by atoms with Gasteiger partial charge in [0.05, 0.1) is 36.5 Å². The number of aryl methyl sites for hydroxylation is 1. The van der Waals surface area contributed by atoms with Crippen LogP contribution in [0.3, 0.4) is 0 Å². The van der Waals surface area contributed by atoms with Crippen LogP contribution in [0.2, 0.25) is 0 Å². The number of ether oxygens (including phenoxy) is 3. The summed E-state index contributed by atoms with van der Waals surface area (Å²) in [7, 11) is 3.61. The van der Waals surface area contributed by atoms with Gasteiger partial charge in [-0.15, -0.1) is 0 Å². The standard InChI is InChI=1S/C42H43F7N2O7/c1-21-13-27(43)11-12-28(21)30-16-23-15-29(33(56-9)40(36(54)57-10)31(23)20-51(35(40)53)37(55)58-38(3,4)5)22(2)14-32(30)50(8)34(52)39(6,7)24-17-25(41(44,45)46)19-26(18-24)42(47,48)49/h11-14,16-19,31H,15,20H2,1-10H3. The van der Waals surface area contributed by atoms with E-state index in [2.05, 4.69) is 0 Å². The van der Waals surface area contributed by atoms with Crippen molar-refractivity contribution in [3.63, 3.8) is 0 Å². The fourth-order valence-electron chi connectivity index (χ4n) is 7.79. The van der Waals surface area contributed by atoms with Crippen LogP contribution in [0.15, 0.2) is 76.7 Å². The van der Waals surface area contributed by atoms with Gasteiger partial charge in [-0.25, -0.2) is 14.1 Å². The molecule has 3 amide bonds. The summed E-state index contributed by atoms with van der Waals surface area (Å²) in [5, 5.41) is 0. The number of allylic oxidation sites excluding steroid dienone is 5. The zero-order valence-corrected chi connectivity index (χ0v) is 33.5. The Morgan fingerprint density at radius 3 is 1.93 bits per heavy atom. The highest BCUT2D eigenvalue weighted by Gasteiger charge is 2.68. The number of imide groups is 1. The lowest BCUT2D eigenvalue weighted by molar-refractivity contribution is -0.160. The average molecular weight is 821 g/mol. The number of benzene rings is 2. The zero-order valence-electron chi connectivity index (χ0n) is 33.5. The van der Waals surface area contributed by atoms with Gasteiger partial charge in [-0.05, 0) is 119 Å². The lowest BCUT2D eigenvalue weighted by atomic mass is 9.64. The first kappa shape index (κ1) is 43.7. The number of nitrogens with zero attached hydrogens (tertiary/aromatic N) is 2. The number of fused-ring (bicyclic) bond motifs is 4. The van der Waals surface area contributed by atoms with Crippen LogP contribution in [0.25, 0.3) is 5.57 Å². The third kappa shape index (κ3) is 7.52. The van der Waals surface area contributed by atoms with E-state index in [1.165, 1.54) is 46.2 Å². The maximum Gasteiger partial charge on any atom is 0.417 e. The second kappa shape index (κ2) is 14.8. The van der Waals surface area contributed by atoms with Crippen molar-refractivity contribution >= 4 is 29.5 Å². The van der Waals surface area contributed by atoms with Gasteiger partial charge in [0, 0.05) is 25.1 Å². The van der Waals surface area contributed by atoms with Gasteiger partial charge in [0.1, 0.15) is 17.2 Å². The van der Waals surface area contributed by atoms with Gasteiger partial charge in [0.2, 0.25) is 11.3 Å². The highest BCUT2D eigenvalue weighted by atomic mass is 19.4. The normalized spacial score (nSPS) is 20.2. The Bertz CT molecular complexity index is 2190. The van der Waals surface area contributed by atoms with Crippen LogP contribution < -0.4 is 0 Å². The van der Waals surface area contributed by atoms with E-state index < -0.39 is 81.1 Å². The van der Waals surface area contributed by atoms with E-state index in [0.29, 0.717) is 40.0 Å². The van der Waals surface area contributed by atoms with Gasteiger partial charge < -0.3 is 19.1 Å². The van der Waals surface area contributed by atoms with Crippen molar-refractivity contribution in [1.29, 1.82) is 0 Å². The van der Waals surface area contributed by atoms with Crippen LogP contribution in [0.4, 0.5) is 35.5 Å². The molecular weight excluding hydrogens is 777 g/mol. The molecule has 1 saturated heterocycles. The number of hydrogen-bond acceptors (Lipinski definition) is 7. The number of likely N-dealkylation sites (N-methyl/N-ethyl adjacent to an activating group) is 1. The molecule has 2 aromatic carbocycles. The van der Waals surface area contributed by atoms with Gasteiger partial charge in [0.15, 0.2) is 0 Å². The molecule has 2 unspecified atom stereocenters. The summed E-state index contributed by atoms with van der Waals surface area (Å²) in [6.45, 7) is 9.99. The number of carbonyl (C=O) groups excluding carboxylic acids is 4. The van der Waals surface area contributed by atoms with Crippen molar-refractivity contribution in [1.82, 2.24) is 9.80 Å². The first-order valence-corrected chi connectivity index (χ1v) is 18.0. The topological polar surface area (TPSA) is 102 Å². The summed E-state index contributed by atoms with van der Waals surface area (Å²) in [5.74, 6) is -4.79. The first-order chi connectivity index (χ1) is 26.6. The van der Waals surface area contributed by atoms with Crippen molar-refractivity contribution in [3.05, 3.63) is 110 Å². The lowest BCUT2D eigenvalue weighted by Crippen LogP contribution is -2.50. The Morgan fingerprint density at radius 2 is 1.43 bits per heavy atom. The number of halogens is 7. The van der Waals surface area contributed by atoms with Crippen LogP contribution in [0, 0.1) is 24.1 Å². The van der Waals surface area contributed by atoms with Crippen LogP contribution in [0.5, 0.6) is 0 Å². The predicted octanol–water partition coefficient (Wildman–Crippen LogP) is 9.06. The molecule has 5 rings (SSSR count). The van der Waals surface area contributed by atoms with Gasteiger partial charge in [-0.2, -0.15) is 26.3 Å². The third-order valence-corrected chi connectivity index (χ3v) is 10.7. The molecule has 9 nitrogen and oxygen atoms in total. The maximum atomic E-state index is 14.6. The number of methoxy groups -OCH3 is 2. The second-order valence-corrected chi connectivity index (χ2v) is 16.0. The SMILES string of the molecule is COC(=O)C12C(=O)N(C(=O)OC(C)(C)C)CC1C1=CC(c3ccc(F)cc3C)=C(N(C)C(=O)C(C)(C)c3cc(C(F)(F)F)cc(C(F)(F)F)c3)C=C(C)C(=C2OC)C1. The summed E-state index contributed by atoms with van der Waals surface area (Å²) in [4.78, 5) is 58.6. The number of amides is 3. The van der Waals surface area contributed by atoms with Gasteiger partial charge in [-0.1, -0.05) is 17.7 Å². The molecule has 0 spiro atoms. The van der Waals surface area contributed by atoms with Crippen LogP contribution in [0.1, 0.15) is 75.8 Å². The number of esters is 1. The van der Waals surface area contributed by atoms with Gasteiger partial charge >= 0.3 is 24.4 Å². The molecule has 3 aliphatic rings. The Labute approximate surface area is 330 Å². The molecule has 2 bridgehead atoms. The monoisotopic (exact) mass is 820 g/mol. The zero-order chi connectivity index (χ0) is 43.7. The van der Waals surface area contributed by atoms with E-state index >= 15 is 0 Å². The van der Waals surface area contributed by atoms with E-state index in [1.54, 1.807) is 40.7 Å². The molecule has 58 heavy (non-hydrogen) atoms. The molecule has 0 N–H and O–H groups in total. The van der Waals surface area contributed by atoms with Gasteiger partial charge in [-0.3, -0.25) is 14.4 Å². The predicted molar refractivity (Wildman–Crippen MR) is 197 cm³/mol. The molecule has 0 aromatic heterocycles. The summed E-state index contributed by atoms with van der Waals surface area (Å²) in [6, 6.07) is 4.78. The number of alkyl halides is 6. The molecule has 0 saturated carbocycles. The molecule has 2 aliphatic carbocycles. The number of hydrogen-bond donors (Lipinski definition) is 0. The van der Waals surface area contributed by atoms with Gasteiger partial charge in [0.25, 0.3) is 5.91 Å². The largest absolute Gasteiger partial charge is 0.499 e. The third-order valence-electron chi connectivity index (χ3n) is 10.7.